The fourth-order valence-corrected chi connectivity index (χ4v) is 2.64. The first-order valence-corrected chi connectivity index (χ1v) is 7.12. The Morgan fingerprint density at radius 2 is 2.05 bits per heavy atom. The van der Waals surface area contributed by atoms with Crippen LogP contribution in [0.4, 0.5) is 10.1 Å². The molecule has 1 aromatic carbocycles. The first kappa shape index (κ1) is 14.6. The van der Waals surface area contributed by atoms with Gasteiger partial charge in [0.05, 0.1) is 5.02 Å². The van der Waals surface area contributed by atoms with Crippen LogP contribution in [0.3, 0.4) is 0 Å². The van der Waals surface area contributed by atoms with Gasteiger partial charge in [-0.1, -0.05) is 32.4 Å². The quantitative estimate of drug-likeness (QED) is 0.846. The van der Waals surface area contributed by atoms with E-state index < -0.39 is 0 Å². The van der Waals surface area contributed by atoms with Crippen LogP contribution < -0.4 is 10.2 Å². The third kappa shape index (κ3) is 3.21. The molecule has 0 bridgehead atoms. The Balaban J connectivity index is 2.23. The van der Waals surface area contributed by atoms with Crippen LogP contribution in [0, 0.1) is 11.2 Å². The van der Waals surface area contributed by atoms with Gasteiger partial charge in [0.1, 0.15) is 5.82 Å². The van der Waals surface area contributed by atoms with Gasteiger partial charge in [0.2, 0.25) is 0 Å². The number of benzene rings is 1. The summed E-state index contributed by atoms with van der Waals surface area (Å²) in [6, 6.07) is 5.76. The molecule has 1 aromatic rings. The van der Waals surface area contributed by atoms with Crippen molar-refractivity contribution < 1.29 is 4.39 Å². The highest BCUT2D eigenvalue weighted by Crippen LogP contribution is 2.29. The van der Waals surface area contributed by atoms with E-state index >= 15 is 0 Å². The third-order valence-electron chi connectivity index (χ3n) is 3.85. The first-order chi connectivity index (χ1) is 8.79. The molecule has 1 heterocycles. The second kappa shape index (κ2) is 5.29. The number of halogens is 2. The Morgan fingerprint density at radius 3 is 2.63 bits per heavy atom. The minimum atomic E-state index is -0.361. The molecule has 1 aliphatic rings. The lowest BCUT2D eigenvalue weighted by Gasteiger charge is -2.45. The molecule has 2 atom stereocenters. The van der Waals surface area contributed by atoms with E-state index in [2.05, 4.69) is 37.9 Å². The van der Waals surface area contributed by atoms with Crippen molar-refractivity contribution in [3.05, 3.63) is 29.0 Å². The molecule has 1 saturated heterocycles. The fourth-order valence-electron chi connectivity index (χ4n) is 2.47. The first-order valence-electron chi connectivity index (χ1n) is 6.74. The highest BCUT2D eigenvalue weighted by molar-refractivity contribution is 6.31. The Labute approximate surface area is 119 Å². The van der Waals surface area contributed by atoms with Gasteiger partial charge in [-0.05, 0) is 30.5 Å². The topological polar surface area (TPSA) is 15.3 Å². The molecule has 4 heteroatoms. The maximum atomic E-state index is 13.3. The number of nitrogens with one attached hydrogen (secondary N) is 1. The monoisotopic (exact) mass is 284 g/mol. The molecule has 0 aromatic heterocycles. The van der Waals surface area contributed by atoms with Gasteiger partial charge in [-0.15, -0.1) is 0 Å². The lowest BCUT2D eigenvalue weighted by Crippen LogP contribution is -2.59. The van der Waals surface area contributed by atoms with Gasteiger partial charge < -0.3 is 10.2 Å². The van der Waals surface area contributed by atoms with E-state index in [4.69, 9.17) is 11.6 Å². The molecule has 2 nitrogen and oxygen atoms in total. The lowest BCUT2D eigenvalue weighted by molar-refractivity contribution is 0.239. The van der Waals surface area contributed by atoms with Crippen molar-refractivity contribution in [2.24, 2.45) is 5.41 Å². The van der Waals surface area contributed by atoms with Crippen molar-refractivity contribution in [1.82, 2.24) is 5.32 Å². The van der Waals surface area contributed by atoms with Crippen LogP contribution >= 0.6 is 11.6 Å². The maximum Gasteiger partial charge on any atom is 0.141 e. The summed E-state index contributed by atoms with van der Waals surface area (Å²) >= 11 is 5.89. The van der Waals surface area contributed by atoms with Crippen LogP contribution in [0.25, 0.3) is 0 Å². The van der Waals surface area contributed by atoms with Crippen molar-refractivity contribution in [3.63, 3.8) is 0 Å². The van der Waals surface area contributed by atoms with E-state index in [9.17, 15) is 4.39 Å². The molecule has 0 radical (unpaired) electrons. The zero-order valence-electron chi connectivity index (χ0n) is 12.0. The zero-order chi connectivity index (χ0) is 14.2. The number of anilines is 1. The second-order valence-corrected chi connectivity index (χ2v) is 6.83. The lowest BCUT2D eigenvalue weighted by atomic mass is 9.84. The Bertz CT molecular complexity index is 456. The van der Waals surface area contributed by atoms with Gasteiger partial charge in [-0.2, -0.15) is 0 Å². The average Bonchev–Trinajstić information content (AvgIpc) is 2.32. The SMILES string of the molecule is CC1CNC(C(C)(C)C)CN1c1ccc(F)c(Cl)c1. The van der Waals surface area contributed by atoms with E-state index in [-0.39, 0.29) is 16.3 Å². The molecule has 2 unspecified atom stereocenters. The molecule has 1 aliphatic heterocycles. The Kier molecular flexibility index (Phi) is 4.07. The molecule has 2 rings (SSSR count). The highest BCUT2D eigenvalue weighted by atomic mass is 35.5. The predicted octanol–water partition coefficient (Wildman–Crippen LogP) is 3.69. The van der Waals surface area contributed by atoms with E-state index in [1.165, 1.54) is 6.07 Å². The van der Waals surface area contributed by atoms with Crippen LogP contribution in [0.2, 0.25) is 5.02 Å². The minimum absolute atomic E-state index is 0.190. The predicted molar refractivity (Wildman–Crippen MR) is 79.5 cm³/mol. The van der Waals surface area contributed by atoms with Crippen molar-refractivity contribution in [2.45, 2.75) is 39.8 Å². The maximum absolute atomic E-state index is 13.3. The van der Waals surface area contributed by atoms with Crippen molar-refractivity contribution in [2.75, 3.05) is 18.0 Å². The summed E-state index contributed by atoms with van der Waals surface area (Å²) in [7, 11) is 0. The summed E-state index contributed by atoms with van der Waals surface area (Å²) in [6.07, 6.45) is 0. The molecule has 1 N–H and O–H groups in total. The summed E-state index contributed by atoms with van der Waals surface area (Å²) in [5.41, 5.74) is 1.19. The second-order valence-electron chi connectivity index (χ2n) is 6.43. The number of rotatable bonds is 1. The van der Waals surface area contributed by atoms with Gasteiger partial charge in [0.15, 0.2) is 0 Å². The average molecular weight is 285 g/mol. The van der Waals surface area contributed by atoms with E-state index in [1.807, 2.05) is 6.07 Å². The van der Waals surface area contributed by atoms with Crippen LogP contribution in [-0.4, -0.2) is 25.2 Å². The van der Waals surface area contributed by atoms with Crippen LogP contribution in [-0.2, 0) is 0 Å². The van der Waals surface area contributed by atoms with E-state index in [0.717, 1.165) is 18.8 Å². The molecule has 1 fully saturated rings. The van der Waals surface area contributed by atoms with Crippen LogP contribution in [0.5, 0.6) is 0 Å². The van der Waals surface area contributed by atoms with Gasteiger partial charge in [0, 0.05) is 30.9 Å². The summed E-state index contributed by atoms with van der Waals surface area (Å²) < 4.78 is 13.3. The van der Waals surface area contributed by atoms with E-state index in [0.29, 0.717) is 12.1 Å². The van der Waals surface area contributed by atoms with Crippen molar-refractivity contribution >= 4 is 17.3 Å². The summed E-state index contributed by atoms with van der Waals surface area (Å²) in [5.74, 6) is -0.361. The van der Waals surface area contributed by atoms with Gasteiger partial charge in [0.25, 0.3) is 0 Å². The van der Waals surface area contributed by atoms with Crippen molar-refractivity contribution in [1.29, 1.82) is 0 Å². The summed E-state index contributed by atoms with van der Waals surface area (Å²) in [6.45, 7) is 10.7. The molecule has 106 valence electrons. The molecule has 19 heavy (non-hydrogen) atoms. The normalized spacial score (nSPS) is 24.6. The largest absolute Gasteiger partial charge is 0.366 e. The van der Waals surface area contributed by atoms with E-state index in [1.54, 1.807) is 6.07 Å². The Hall–Kier alpha value is -0.800. The number of hydrogen-bond donors (Lipinski definition) is 1. The molecule has 0 amide bonds. The highest BCUT2D eigenvalue weighted by Gasteiger charge is 2.32. The molecule has 0 saturated carbocycles. The number of piperazine rings is 1. The minimum Gasteiger partial charge on any atom is -0.366 e. The van der Waals surface area contributed by atoms with Gasteiger partial charge >= 0.3 is 0 Å². The van der Waals surface area contributed by atoms with Gasteiger partial charge in [-0.3, -0.25) is 0 Å². The van der Waals surface area contributed by atoms with Crippen LogP contribution in [0.15, 0.2) is 18.2 Å². The van der Waals surface area contributed by atoms with Gasteiger partial charge in [-0.25, -0.2) is 4.39 Å². The number of hydrogen-bond acceptors (Lipinski definition) is 2. The fraction of sp³-hybridized carbons (Fsp3) is 0.600. The Morgan fingerprint density at radius 1 is 1.37 bits per heavy atom. The molecule has 0 aliphatic carbocycles. The van der Waals surface area contributed by atoms with Crippen molar-refractivity contribution in [3.8, 4) is 0 Å². The summed E-state index contributed by atoms with van der Waals surface area (Å²) in [5, 5.41) is 3.78. The zero-order valence-corrected chi connectivity index (χ0v) is 12.8. The molecule has 0 spiro atoms. The molecular formula is C15H22ClFN2. The molecular weight excluding hydrogens is 263 g/mol. The summed E-state index contributed by atoms with van der Waals surface area (Å²) in [4.78, 5) is 2.30. The van der Waals surface area contributed by atoms with Crippen LogP contribution in [0.1, 0.15) is 27.7 Å². The number of nitrogens with zero attached hydrogens (tertiary/aromatic N) is 1. The smallest absolute Gasteiger partial charge is 0.141 e. The third-order valence-corrected chi connectivity index (χ3v) is 4.14. The standard InChI is InChI=1S/C15H22ClFN2/c1-10-8-18-14(15(2,3)4)9-19(10)11-5-6-13(17)12(16)7-11/h5-7,10,14,18H,8-9H2,1-4H3.